The van der Waals surface area contributed by atoms with Gasteiger partial charge in [-0.25, -0.2) is 19.2 Å². The summed E-state index contributed by atoms with van der Waals surface area (Å²) in [6.07, 6.45) is 4.66. The van der Waals surface area contributed by atoms with Crippen LogP contribution < -0.4 is 10.5 Å². The molecule has 1 heterocycles. The number of nitrogens with zero attached hydrogens (tertiary/aromatic N) is 1. The predicted octanol–water partition coefficient (Wildman–Crippen LogP) is 2.09. The SMILES string of the molecule is CCOc1ccc(Cl)cc1CN1CCC[C@@H]1CN.O=C(O)/C=C/C(=O)O.O=C(O)/C=C/C(=O)O. The molecule has 12 heteroatoms. The van der Waals surface area contributed by atoms with Crippen molar-refractivity contribution in [3.05, 3.63) is 53.1 Å². The molecule has 11 nitrogen and oxygen atoms in total. The largest absolute Gasteiger partial charge is 0.494 e. The van der Waals surface area contributed by atoms with Crippen molar-refractivity contribution in [1.29, 1.82) is 0 Å². The van der Waals surface area contributed by atoms with Crippen LogP contribution in [0.5, 0.6) is 5.75 Å². The minimum Gasteiger partial charge on any atom is -0.494 e. The van der Waals surface area contributed by atoms with Gasteiger partial charge < -0.3 is 30.9 Å². The Morgan fingerprint density at radius 1 is 1.03 bits per heavy atom. The third kappa shape index (κ3) is 14.6. The van der Waals surface area contributed by atoms with E-state index in [-0.39, 0.29) is 0 Å². The van der Waals surface area contributed by atoms with E-state index in [9.17, 15) is 19.2 Å². The second-order valence-electron chi connectivity index (χ2n) is 6.71. The standard InChI is InChI=1S/C14H21ClN2O.2C4H4O4/c1-2-18-14-6-5-12(15)8-11(14)10-17-7-3-4-13(17)9-16;2*5-3(6)1-2-4(7)8/h5-6,8,13H,2-4,7,9-10,16H2,1H3;2*1-2H,(H,5,6)(H,7,8)/b;2*2-1+/t13-;;/m1../s1. The van der Waals surface area contributed by atoms with Crippen LogP contribution in [0.15, 0.2) is 42.5 Å². The summed E-state index contributed by atoms with van der Waals surface area (Å²) in [5.74, 6) is -4.09. The lowest BCUT2D eigenvalue weighted by atomic mass is 10.1. The molecule has 0 bridgehead atoms. The normalized spacial score (nSPS) is 15.2. The number of hydrogen-bond donors (Lipinski definition) is 5. The number of rotatable bonds is 9. The highest BCUT2D eigenvalue weighted by molar-refractivity contribution is 6.30. The molecule has 0 spiro atoms. The molecule has 0 aliphatic carbocycles. The Morgan fingerprint density at radius 3 is 1.94 bits per heavy atom. The molecule has 2 rings (SSSR count). The molecule has 188 valence electrons. The average molecular weight is 501 g/mol. The molecule has 1 aliphatic heterocycles. The first-order valence-corrected chi connectivity index (χ1v) is 10.5. The predicted molar refractivity (Wildman–Crippen MR) is 124 cm³/mol. The molecule has 1 fully saturated rings. The minimum atomic E-state index is -1.26. The highest BCUT2D eigenvalue weighted by atomic mass is 35.5. The van der Waals surface area contributed by atoms with E-state index in [2.05, 4.69) is 4.90 Å². The van der Waals surface area contributed by atoms with Crippen molar-refractivity contribution in [3.8, 4) is 5.75 Å². The van der Waals surface area contributed by atoms with Gasteiger partial charge in [0, 0.05) is 54.0 Å². The molecule has 34 heavy (non-hydrogen) atoms. The lowest BCUT2D eigenvalue weighted by Crippen LogP contribution is -2.34. The van der Waals surface area contributed by atoms with Gasteiger partial charge in [0.2, 0.25) is 0 Å². The van der Waals surface area contributed by atoms with E-state index in [1.807, 2.05) is 25.1 Å². The van der Waals surface area contributed by atoms with Crippen molar-refractivity contribution in [2.24, 2.45) is 5.73 Å². The van der Waals surface area contributed by atoms with Gasteiger partial charge in [-0.15, -0.1) is 0 Å². The fourth-order valence-corrected chi connectivity index (χ4v) is 3.04. The van der Waals surface area contributed by atoms with Crippen molar-refractivity contribution < 1.29 is 44.3 Å². The fraction of sp³-hybridized carbons (Fsp3) is 0.364. The van der Waals surface area contributed by atoms with E-state index in [1.54, 1.807) is 0 Å². The fourth-order valence-electron chi connectivity index (χ4n) is 2.84. The first-order valence-electron chi connectivity index (χ1n) is 10.1. The van der Waals surface area contributed by atoms with Gasteiger partial charge in [0.1, 0.15) is 5.75 Å². The van der Waals surface area contributed by atoms with Gasteiger partial charge in [-0.1, -0.05) is 11.6 Å². The molecule has 1 aromatic carbocycles. The number of nitrogens with two attached hydrogens (primary N) is 1. The number of benzene rings is 1. The van der Waals surface area contributed by atoms with Crippen LogP contribution in [0.2, 0.25) is 5.02 Å². The molecule has 1 aliphatic rings. The third-order valence-electron chi connectivity index (χ3n) is 4.20. The van der Waals surface area contributed by atoms with Gasteiger partial charge in [-0.2, -0.15) is 0 Å². The summed E-state index contributed by atoms with van der Waals surface area (Å²) in [6.45, 7) is 5.38. The molecule has 1 atom stereocenters. The van der Waals surface area contributed by atoms with Gasteiger partial charge in [-0.3, -0.25) is 4.90 Å². The molecule has 1 aromatic rings. The maximum Gasteiger partial charge on any atom is 0.328 e. The summed E-state index contributed by atoms with van der Waals surface area (Å²) in [5.41, 5.74) is 6.96. The van der Waals surface area contributed by atoms with Crippen LogP contribution in [0.3, 0.4) is 0 Å². The number of carboxylic acid groups (broad SMARTS) is 4. The van der Waals surface area contributed by atoms with Gasteiger partial charge >= 0.3 is 23.9 Å². The number of aliphatic carboxylic acids is 4. The molecule has 0 unspecified atom stereocenters. The van der Waals surface area contributed by atoms with E-state index in [4.69, 9.17) is 42.5 Å². The Bertz CT molecular complexity index is 821. The van der Waals surface area contributed by atoms with E-state index in [0.717, 1.165) is 36.0 Å². The van der Waals surface area contributed by atoms with Crippen LogP contribution in [0, 0.1) is 0 Å². The summed E-state index contributed by atoms with van der Waals surface area (Å²) in [4.78, 5) is 40.6. The molecular formula is C22H29ClN2O9. The van der Waals surface area contributed by atoms with Crippen LogP contribution in [-0.2, 0) is 25.7 Å². The number of hydrogen-bond acceptors (Lipinski definition) is 7. The van der Waals surface area contributed by atoms with Gasteiger partial charge in [0.25, 0.3) is 0 Å². The summed E-state index contributed by atoms with van der Waals surface area (Å²) in [5, 5.41) is 32.0. The summed E-state index contributed by atoms with van der Waals surface area (Å²) in [6, 6.07) is 6.33. The van der Waals surface area contributed by atoms with E-state index < -0.39 is 23.9 Å². The van der Waals surface area contributed by atoms with E-state index in [0.29, 0.717) is 37.0 Å². The second-order valence-corrected chi connectivity index (χ2v) is 7.14. The highest BCUT2D eigenvalue weighted by Gasteiger charge is 2.24. The van der Waals surface area contributed by atoms with Gasteiger partial charge in [0.05, 0.1) is 6.61 Å². The Morgan fingerprint density at radius 2 is 1.53 bits per heavy atom. The zero-order valence-corrected chi connectivity index (χ0v) is 19.3. The zero-order chi connectivity index (χ0) is 26.1. The Kier molecular flexibility index (Phi) is 15.4. The number of halogens is 1. The van der Waals surface area contributed by atoms with Crippen molar-refractivity contribution >= 4 is 35.5 Å². The number of likely N-dealkylation sites (tertiary alicyclic amines) is 1. The monoisotopic (exact) mass is 500 g/mol. The lowest BCUT2D eigenvalue weighted by molar-refractivity contribution is -0.134. The van der Waals surface area contributed by atoms with Crippen LogP contribution >= 0.6 is 11.6 Å². The van der Waals surface area contributed by atoms with E-state index >= 15 is 0 Å². The number of ether oxygens (including phenoxy) is 1. The molecule has 1 saturated heterocycles. The maximum absolute atomic E-state index is 9.55. The van der Waals surface area contributed by atoms with Gasteiger partial charge in [-0.05, 0) is 44.5 Å². The minimum absolute atomic E-state index is 0.499. The zero-order valence-electron chi connectivity index (χ0n) is 18.6. The van der Waals surface area contributed by atoms with Gasteiger partial charge in [0.15, 0.2) is 0 Å². The van der Waals surface area contributed by atoms with Crippen molar-refractivity contribution in [2.75, 3.05) is 19.7 Å². The third-order valence-corrected chi connectivity index (χ3v) is 4.44. The Balaban J connectivity index is 0.000000570. The van der Waals surface area contributed by atoms with Crippen LogP contribution in [0.25, 0.3) is 0 Å². The maximum atomic E-state index is 9.55. The smallest absolute Gasteiger partial charge is 0.328 e. The topological polar surface area (TPSA) is 188 Å². The quantitative estimate of drug-likeness (QED) is 0.312. The molecular weight excluding hydrogens is 472 g/mol. The highest BCUT2D eigenvalue weighted by Crippen LogP contribution is 2.27. The van der Waals surface area contributed by atoms with Crippen LogP contribution in [0.4, 0.5) is 0 Å². The van der Waals surface area contributed by atoms with Crippen molar-refractivity contribution in [1.82, 2.24) is 4.90 Å². The first kappa shape index (κ1) is 30.6. The molecule has 0 radical (unpaired) electrons. The van der Waals surface area contributed by atoms with Crippen LogP contribution in [-0.4, -0.2) is 74.9 Å². The molecule has 0 aromatic heterocycles. The lowest BCUT2D eigenvalue weighted by Gasteiger charge is -2.24. The molecule has 0 saturated carbocycles. The van der Waals surface area contributed by atoms with Crippen LogP contribution in [0.1, 0.15) is 25.3 Å². The second kappa shape index (κ2) is 17.1. The summed E-state index contributed by atoms with van der Waals surface area (Å²) < 4.78 is 5.65. The summed E-state index contributed by atoms with van der Waals surface area (Å²) >= 11 is 6.07. The number of carbonyl (C=O) groups is 4. The Hall–Kier alpha value is -3.41. The van der Waals surface area contributed by atoms with Crippen molar-refractivity contribution in [2.45, 2.75) is 32.4 Å². The van der Waals surface area contributed by atoms with Crippen molar-refractivity contribution in [3.63, 3.8) is 0 Å². The molecule has 0 amide bonds. The first-order chi connectivity index (χ1) is 16.0. The Labute approximate surface area is 201 Å². The molecule has 6 N–H and O–H groups in total. The van der Waals surface area contributed by atoms with E-state index in [1.165, 1.54) is 12.8 Å². The summed E-state index contributed by atoms with van der Waals surface area (Å²) in [7, 11) is 0. The number of carboxylic acids is 4. The average Bonchev–Trinajstić information content (AvgIpc) is 3.21.